The monoisotopic (exact) mass is 403 g/mol. The summed E-state index contributed by atoms with van der Waals surface area (Å²) in [5.74, 6) is -0.365. The molecule has 3 aromatic rings. The number of aryl methyl sites for hydroxylation is 1. The number of hydrogen-bond acceptors (Lipinski definition) is 6. The molecule has 27 heavy (non-hydrogen) atoms. The highest BCUT2D eigenvalue weighted by Gasteiger charge is 2.16. The fourth-order valence-electron chi connectivity index (χ4n) is 2.29. The molecule has 0 spiro atoms. The van der Waals surface area contributed by atoms with Gasteiger partial charge in [-0.1, -0.05) is 41.6 Å². The van der Waals surface area contributed by atoms with Crippen LogP contribution in [-0.4, -0.2) is 31.3 Å². The van der Waals surface area contributed by atoms with E-state index >= 15 is 0 Å². The standard InChI is InChI=1S/C17H14ClN5O3S/c1-11-6-7-12(8-13(11)18)22-10-19-21-17(22)27-9-16(24)20-14-4-2-3-5-15(14)23(25)26/h2-8,10H,9H2,1H3,(H,20,24). The number of nitrogens with one attached hydrogen (secondary N) is 1. The third kappa shape index (κ3) is 4.44. The van der Waals surface area contributed by atoms with E-state index < -0.39 is 4.92 Å². The number of anilines is 1. The van der Waals surface area contributed by atoms with E-state index in [0.717, 1.165) is 23.0 Å². The number of aromatic nitrogens is 3. The lowest BCUT2D eigenvalue weighted by atomic mass is 10.2. The smallest absolute Gasteiger partial charge is 0.292 e. The van der Waals surface area contributed by atoms with Gasteiger partial charge in [-0.15, -0.1) is 10.2 Å². The minimum atomic E-state index is -0.541. The molecule has 3 rings (SSSR count). The van der Waals surface area contributed by atoms with E-state index in [1.54, 1.807) is 16.7 Å². The van der Waals surface area contributed by atoms with Gasteiger partial charge in [0.1, 0.15) is 12.0 Å². The quantitative estimate of drug-likeness (QED) is 0.380. The maximum Gasteiger partial charge on any atom is 0.292 e. The van der Waals surface area contributed by atoms with E-state index in [2.05, 4.69) is 15.5 Å². The average molecular weight is 404 g/mol. The number of halogens is 1. The molecule has 0 aliphatic rings. The number of nitro benzene ring substituents is 1. The topological polar surface area (TPSA) is 103 Å². The van der Waals surface area contributed by atoms with Crippen LogP contribution in [0.4, 0.5) is 11.4 Å². The fourth-order valence-corrected chi connectivity index (χ4v) is 3.19. The lowest BCUT2D eigenvalue weighted by Crippen LogP contribution is -2.15. The number of nitro groups is 1. The Morgan fingerprint density at radius 3 is 2.85 bits per heavy atom. The van der Waals surface area contributed by atoms with Gasteiger partial charge in [0, 0.05) is 11.1 Å². The van der Waals surface area contributed by atoms with Crippen molar-refractivity contribution in [3.05, 3.63) is 69.5 Å². The van der Waals surface area contributed by atoms with E-state index in [9.17, 15) is 14.9 Å². The first-order chi connectivity index (χ1) is 13.0. The van der Waals surface area contributed by atoms with Crippen molar-refractivity contribution in [1.29, 1.82) is 0 Å². The van der Waals surface area contributed by atoms with Crippen LogP contribution in [-0.2, 0) is 4.79 Å². The molecule has 0 aliphatic carbocycles. The molecule has 0 atom stereocenters. The summed E-state index contributed by atoms with van der Waals surface area (Å²) in [6, 6.07) is 11.5. The number of hydrogen-bond donors (Lipinski definition) is 1. The van der Waals surface area contributed by atoms with Crippen molar-refractivity contribution in [3.63, 3.8) is 0 Å². The fraction of sp³-hybridized carbons (Fsp3) is 0.118. The molecule has 0 bridgehead atoms. The Kier molecular flexibility index (Phi) is 5.72. The predicted octanol–water partition coefficient (Wildman–Crippen LogP) is 3.87. The zero-order chi connectivity index (χ0) is 19.4. The van der Waals surface area contributed by atoms with Gasteiger partial charge in [0.2, 0.25) is 5.91 Å². The number of benzene rings is 2. The van der Waals surface area contributed by atoms with Gasteiger partial charge in [0.15, 0.2) is 5.16 Å². The van der Waals surface area contributed by atoms with Crippen LogP contribution in [0.1, 0.15) is 5.56 Å². The van der Waals surface area contributed by atoms with Crippen molar-refractivity contribution in [2.75, 3.05) is 11.1 Å². The van der Waals surface area contributed by atoms with E-state index in [1.165, 1.54) is 24.5 Å². The molecule has 1 N–H and O–H groups in total. The first-order valence-electron chi connectivity index (χ1n) is 7.78. The van der Waals surface area contributed by atoms with Gasteiger partial charge in [0.05, 0.1) is 16.4 Å². The van der Waals surface area contributed by atoms with E-state index in [1.807, 2.05) is 19.1 Å². The van der Waals surface area contributed by atoms with Crippen LogP contribution in [0.5, 0.6) is 0 Å². The van der Waals surface area contributed by atoms with Gasteiger partial charge in [-0.25, -0.2) is 0 Å². The number of rotatable bonds is 6. The molecule has 1 heterocycles. The van der Waals surface area contributed by atoms with Crippen LogP contribution in [0.25, 0.3) is 5.69 Å². The maximum atomic E-state index is 12.2. The molecule has 0 saturated carbocycles. The normalized spacial score (nSPS) is 10.6. The number of carbonyl (C=O) groups is 1. The number of para-hydroxylation sites is 2. The second-order valence-electron chi connectivity index (χ2n) is 5.53. The van der Waals surface area contributed by atoms with E-state index in [-0.39, 0.29) is 23.0 Å². The van der Waals surface area contributed by atoms with Crippen LogP contribution in [0.15, 0.2) is 53.9 Å². The molecule has 0 radical (unpaired) electrons. The Morgan fingerprint density at radius 1 is 1.33 bits per heavy atom. The van der Waals surface area contributed by atoms with Gasteiger partial charge in [-0.2, -0.15) is 0 Å². The summed E-state index contributed by atoms with van der Waals surface area (Å²) >= 11 is 7.33. The summed E-state index contributed by atoms with van der Waals surface area (Å²) in [5.41, 5.74) is 1.72. The molecule has 0 unspecified atom stereocenters. The van der Waals surface area contributed by atoms with Crippen molar-refractivity contribution >= 4 is 40.6 Å². The third-order valence-corrected chi connectivity index (χ3v) is 5.01. The minimum Gasteiger partial charge on any atom is -0.320 e. The summed E-state index contributed by atoms with van der Waals surface area (Å²) in [7, 11) is 0. The van der Waals surface area contributed by atoms with E-state index in [4.69, 9.17) is 11.6 Å². The van der Waals surface area contributed by atoms with Crippen LogP contribution in [0.3, 0.4) is 0 Å². The van der Waals surface area contributed by atoms with Crippen LogP contribution < -0.4 is 5.32 Å². The molecule has 0 saturated heterocycles. The summed E-state index contributed by atoms with van der Waals surface area (Å²) < 4.78 is 1.72. The van der Waals surface area contributed by atoms with Crippen LogP contribution in [0, 0.1) is 17.0 Å². The van der Waals surface area contributed by atoms with Crippen molar-refractivity contribution in [2.45, 2.75) is 12.1 Å². The number of nitrogens with zero attached hydrogens (tertiary/aromatic N) is 4. The highest BCUT2D eigenvalue weighted by atomic mass is 35.5. The predicted molar refractivity (Wildman–Crippen MR) is 104 cm³/mol. The molecule has 2 aromatic carbocycles. The van der Waals surface area contributed by atoms with Gasteiger partial charge in [-0.05, 0) is 30.7 Å². The first kappa shape index (κ1) is 18.9. The zero-order valence-electron chi connectivity index (χ0n) is 14.1. The molecular formula is C17H14ClN5O3S. The molecule has 10 heteroatoms. The first-order valence-corrected chi connectivity index (χ1v) is 9.14. The van der Waals surface area contributed by atoms with Gasteiger partial charge >= 0.3 is 0 Å². The number of amides is 1. The molecule has 0 fully saturated rings. The second-order valence-corrected chi connectivity index (χ2v) is 6.88. The number of carbonyl (C=O) groups excluding carboxylic acids is 1. The van der Waals surface area contributed by atoms with Crippen molar-refractivity contribution in [1.82, 2.24) is 14.8 Å². The molecule has 138 valence electrons. The molecule has 1 aromatic heterocycles. The summed E-state index contributed by atoms with van der Waals surface area (Å²) in [6.07, 6.45) is 1.53. The van der Waals surface area contributed by atoms with Gasteiger partial charge in [0.25, 0.3) is 5.69 Å². The Bertz CT molecular complexity index is 1010. The number of thioether (sulfide) groups is 1. The van der Waals surface area contributed by atoms with Gasteiger partial charge in [-0.3, -0.25) is 19.5 Å². The summed E-state index contributed by atoms with van der Waals surface area (Å²) in [6.45, 7) is 1.90. The minimum absolute atomic E-state index is 0.0182. The Balaban J connectivity index is 1.69. The SMILES string of the molecule is Cc1ccc(-n2cnnc2SCC(=O)Nc2ccccc2[N+](=O)[O-])cc1Cl. The van der Waals surface area contributed by atoms with Crippen molar-refractivity contribution < 1.29 is 9.72 Å². The average Bonchev–Trinajstić information content (AvgIpc) is 3.11. The molecular weight excluding hydrogens is 390 g/mol. The highest BCUT2D eigenvalue weighted by Crippen LogP contribution is 2.25. The molecule has 0 aliphatic heterocycles. The Hall–Kier alpha value is -2.91. The molecule has 1 amide bonds. The molecule has 8 nitrogen and oxygen atoms in total. The van der Waals surface area contributed by atoms with Gasteiger partial charge < -0.3 is 5.32 Å². The highest BCUT2D eigenvalue weighted by molar-refractivity contribution is 7.99. The van der Waals surface area contributed by atoms with Crippen LogP contribution >= 0.6 is 23.4 Å². The summed E-state index contributed by atoms with van der Waals surface area (Å²) in [5, 5.41) is 22.6. The lowest BCUT2D eigenvalue weighted by Gasteiger charge is -2.08. The zero-order valence-corrected chi connectivity index (χ0v) is 15.7. The van der Waals surface area contributed by atoms with Crippen LogP contribution in [0.2, 0.25) is 5.02 Å². The van der Waals surface area contributed by atoms with E-state index in [0.29, 0.717) is 10.2 Å². The maximum absolute atomic E-state index is 12.2. The second kappa shape index (κ2) is 8.19. The third-order valence-electron chi connectivity index (χ3n) is 3.66. The lowest BCUT2D eigenvalue weighted by molar-refractivity contribution is -0.383. The van der Waals surface area contributed by atoms with Crippen molar-refractivity contribution in [2.24, 2.45) is 0 Å². The van der Waals surface area contributed by atoms with Crippen molar-refractivity contribution in [3.8, 4) is 5.69 Å². The Morgan fingerprint density at radius 2 is 2.11 bits per heavy atom. The summed E-state index contributed by atoms with van der Waals surface area (Å²) in [4.78, 5) is 22.7. The largest absolute Gasteiger partial charge is 0.320 e. The Labute approximate surface area is 163 Å².